The molecule has 0 unspecified atom stereocenters. The van der Waals surface area contributed by atoms with E-state index >= 15 is 0 Å². The van der Waals surface area contributed by atoms with Crippen molar-refractivity contribution in [2.75, 3.05) is 6.54 Å². The Morgan fingerprint density at radius 1 is 1.26 bits per heavy atom. The van der Waals surface area contributed by atoms with Gasteiger partial charge in [-0.25, -0.2) is 9.67 Å². The predicted octanol–water partition coefficient (Wildman–Crippen LogP) is 0.723. The molecule has 3 heterocycles. The van der Waals surface area contributed by atoms with Gasteiger partial charge in [-0.15, -0.1) is 0 Å². The van der Waals surface area contributed by atoms with Gasteiger partial charge < -0.3 is 9.73 Å². The molecular weight excluding hydrogens is 298 g/mol. The van der Waals surface area contributed by atoms with Crippen molar-refractivity contribution in [3.63, 3.8) is 0 Å². The van der Waals surface area contributed by atoms with E-state index in [1.165, 1.54) is 35.6 Å². The minimum atomic E-state index is -0.353. The highest BCUT2D eigenvalue weighted by Gasteiger charge is 2.08. The van der Waals surface area contributed by atoms with Crippen LogP contribution < -0.4 is 10.9 Å². The lowest BCUT2D eigenvalue weighted by Gasteiger charge is -2.07. The molecule has 0 bridgehead atoms. The van der Waals surface area contributed by atoms with Gasteiger partial charge in [0, 0.05) is 25.0 Å². The molecule has 0 spiro atoms. The zero-order valence-corrected chi connectivity index (χ0v) is 12.0. The van der Waals surface area contributed by atoms with Gasteiger partial charge in [0.2, 0.25) is 0 Å². The average molecular weight is 311 g/mol. The number of amides is 1. The van der Waals surface area contributed by atoms with E-state index in [4.69, 9.17) is 4.42 Å². The molecule has 1 amide bonds. The summed E-state index contributed by atoms with van der Waals surface area (Å²) < 4.78 is 6.52. The maximum absolute atomic E-state index is 11.8. The monoisotopic (exact) mass is 311 g/mol. The molecule has 116 valence electrons. The summed E-state index contributed by atoms with van der Waals surface area (Å²) in [4.78, 5) is 31.4. The third-order valence-corrected chi connectivity index (χ3v) is 3.05. The molecule has 0 aliphatic heterocycles. The molecule has 8 heteroatoms. The van der Waals surface area contributed by atoms with Crippen LogP contribution in [0.4, 0.5) is 0 Å². The van der Waals surface area contributed by atoms with Crippen LogP contribution in [0.3, 0.4) is 0 Å². The highest BCUT2D eigenvalue weighted by Crippen LogP contribution is 2.14. The van der Waals surface area contributed by atoms with E-state index in [0.717, 1.165) is 0 Å². The molecule has 3 aromatic rings. The lowest BCUT2D eigenvalue weighted by molar-refractivity contribution is 0.0946. The van der Waals surface area contributed by atoms with E-state index in [-0.39, 0.29) is 30.2 Å². The topological polar surface area (TPSA) is 103 Å². The van der Waals surface area contributed by atoms with Gasteiger partial charge in [-0.2, -0.15) is 5.10 Å². The summed E-state index contributed by atoms with van der Waals surface area (Å²) in [6.07, 6.45) is 5.83. The molecule has 0 fully saturated rings. The number of rotatable bonds is 5. The Morgan fingerprint density at radius 2 is 2.17 bits per heavy atom. The Kier molecular flexibility index (Phi) is 4.23. The average Bonchev–Trinajstić information content (AvgIpc) is 3.12. The maximum atomic E-state index is 11.8. The lowest BCUT2D eigenvalue weighted by Crippen LogP contribution is -2.32. The zero-order chi connectivity index (χ0) is 16.1. The highest BCUT2D eigenvalue weighted by atomic mass is 16.3. The molecular formula is C15H13N5O3. The Labute approximate surface area is 130 Å². The van der Waals surface area contributed by atoms with Gasteiger partial charge in [0.15, 0.2) is 5.76 Å². The first-order valence-corrected chi connectivity index (χ1v) is 6.90. The van der Waals surface area contributed by atoms with Crippen molar-refractivity contribution in [3.8, 4) is 11.5 Å². The van der Waals surface area contributed by atoms with Crippen LogP contribution in [0.15, 0.2) is 58.3 Å². The van der Waals surface area contributed by atoms with Gasteiger partial charge in [-0.3, -0.25) is 14.6 Å². The van der Waals surface area contributed by atoms with Crippen molar-refractivity contribution in [1.29, 1.82) is 0 Å². The van der Waals surface area contributed by atoms with E-state index in [1.54, 1.807) is 18.2 Å². The number of hydrogen-bond donors (Lipinski definition) is 1. The molecule has 0 saturated heterocycles. The summed E-state index contributed by atoms with van der Waals surface area (Å²) in [6, 6.07) is 6.51. The van der Waals surface area contributed by atoms with Crippen LogP contribution in [0.1, 0.15) is 10.5 Å². The molecule has 0 atom stereocenters. The summed E-state index contributed by atoms with van der Waals surface area (Å²) in [6.45, 7) is 0.476. The van der Waals surface area contributed by atoms with E-state index in [0.29, 0.717) is 11.5 Å². The Hall–Kier alpha value is -3.29. The molecule has 0 radical (unpaired) electrons. The van der Waals surface area contributed by atoms with Crippen molar-refractivity contribution < 1.29 is 9.21 Å². The fraction of sp³-hybridized carbons (Fsp3) is 0.133. The van der Waals surface area contributed by atoms with Crippen LogP contribution in [0.5, 0.6) is 0 Å². The Morgan fingerprint density at radius 3 is 2.91 bits per heavy atom. The van der Waals surface area contributed by atoms with Crippen molar-refractivity contribution in [2.45, 2.75) is 6.54 Å². The molecule has 0 saturated carbocycles. The van der Waals surface area contributed by atoms with E-state index in [2.05, 4.69) is 20.4 Å². The quantitative estimate of drug-likeness (QED) is 0.745. The fourth-order valence-electron chi connectivity index (χ4n) is 1.95. The molecule has 8 nitrogen and oxygen atoms in total. The van der Waals surface area contributed by atoms with E-state index < -0.39 is 0 Å². The number of nitrogens with zero attached hydrogens (tertiary/aromatic N) is 4. The zero-order valence-electron chi connectivity index (χ0n) is 12.0. The molecule has 3 aromatic heterocycles. The first-order chi connectivity index (χ1) is 11.2. The predicted molar refractivity (Wildman–Crippen MR) is 80.6 cm³/mol. The first-order valence-electron chi connectivity index (χ1n) is 6.90. The van der Waals surface area contributed by atoms with Crippen LogP contribution in [0, 0.1) is 0 Å². The fourth-order valence-corrected chi connectivity index (χ4v) is 1.95. The number of carbonyl (C=O) groups excluding carboxylic acids is 1. The summed E-state index contributed by atoms with van der Waals surface area (Å²) in [5.74, 6) is 0.218. The minimum Gasteiger partial charge on any atom is -0.463 e. The van der Waals surface area contributed by atoms with Gasteiger partial charge in [0.25, 0.3) is 11.5 Å². The number of nitrogens with one attached hydrogen (secondary N) is 1. The number of hydrogen-bond acceptors (Lipinski definition) is 6. The Bertz CT molecular complexity index is 843. The van der Waals surface area contributed by atoms with Crippen LogP contribution in [-0.2, 0) is 6.54 Å². The SMILES string of the molecule is O=C(NCCn1nc(-c2ccco2)ccc1=O)c1cnccn1. The maximum Gasteiger partial charge on any atom is 0.271 e. The van der Waals surface area contributed by atoms with Crippen molar-refractivity contribution in [1.82, 2.24) is 25.1 Å². The highest BCUT2D eigenvalue weighted by molar-refractivity contribution is 5.91. The lowest BCUT2D eigenvalue weighted by atomic mass is 10.3. The third kappa shape index (κ3) is 3.49. The molecule has 0 aromatic carbocycles. The molecule has 1 N–H and O–H groups in total. The van der Waals surface area contributed by atoms with Crippen molar-refractivity contribution >= 4 is 5.91 Å². The smallest absolute Gasteiger partial charge is 0.271 e. The molecule has 23 heavy (non-hydrogen) atoms. The van der Waals surface area contributed by atoms with Crippen LogP contribution in [0.25, 0.3) is 11.5 Å². The standard InChI is InChI=1S/C15H13N5O3/c21-14-4-3-11(13-2-1-9-23-13)19-20(14)8-7-18-15(22)12-10-16-5-6-17-12/h1-6,9-10H,7-8H2,(H,18,22). The molecule has 0 aliphatic rings. The second kappa shape index (κ2) is 6.65. The van der Waals surface area contributed by atoms with Gasteiger partial charge >= 0.3 is 0 Å². The van der Waals surface area contributed by atoms with Crippen LogP contribution in [0.2, 0.25) is 0 Å². The van der Waals surface area contributed by atoms with Gasteiger partial charge in [0.1, 0.15) is 11.4 Å². The van der Waals surface area contributed by atoms with Gasteiger partial charge in [0.05, 0.1) is 19.0 Å². The minimum absolute atomic E-state index is 0.220. The second-order valence-corrected chi connectivity index (χ2v) is 4.60. The normalized spacial score (nSPS) is 10.4. The summed E-state index contributed by atoms with van der Waals surface area (Å²) in [5.41, 5.74) is 0.515. The van der Waals surface area contributed by atoms with Crippen LogP contribution in [-0.4, -0.2) is 32.2 Å². The van der Waals surface area contributed by atoms with Crippen molar-refractivity contribution in [2.24, 2.45) is 0 Å². The summed E-state index contributed by atoms with van der Waals surface area (Å²) in [7, 11) is 0. The second-order valence-electron chi connectivity index (χ2n) is 4.60. The summed E-state index contributed by atoms with van der Waals surface area (Å²) in [5, 5.41) is 6.88. The number of carbonyl (C=O) groups is 1. The van der Waals surface area contributed by atoms with Gasteiger partial charge in [-0.05, 0) is 18.2 Å². The number of furan rings is 1. The Balaban J connectivity index is 1.65. The molecule has 3 rings (SSSR count). The van der Waals surface area contributed by atoms with E-state index in [1.807, 2.05) is 0 Å². The summed E-state index contributed by atoms with van der Waals surface area (Å²) >= 11 is 0. The van der Waals surface area contributed by atoms with Crippen LogP contribution >= 0.6 is 0 Å². The third-order valence-electron chi connectivity index (χ3n) is 3.05. The largest absolute Gasteiger partial charge is 0.463 e. The first kappa shape index (κ1) is 14.6. The number of aromatic nitrogens is 4. The van der Waals surface area contributed by atoms with E-state index in [9.17, 15) is 9.59 Å². The van der Waals surface area contributed by atoms with Crippen molar-refractivity contribution in [3.05, 3.63) is 65.2 Å². The van der Waals surface area contributed by atoms with Gasteiger partial charge in [-0.1, -0.05) is 0 Å². The molecule has 0 aliphatic carbocycles.